The van der Waals surface area contributed by atoms with Gasteiger partial charge < -0.3 is 24.9 Å². The Hall–Kier alpha value is -5.11. The predicted octanol–water partition coefficient (Wildman–Crippen LogP) is 5.93. The first-order valence-corrected chi connectivity index (χ1v) is 12.5. The number of ether oxygens (including phenoxy) is 1. The summed E-state index contributed by atoms with van der Waals surface area (Å²) in [6, 6.07) is 30.3. The molecule has 5 aromatic rings. The van der Waals surface area contributed by atoms with Crippen molar-refractivity contribution in [1.82, 2.24) is 10.3 Å². The topological polar surface area (TPSA) is 114 Å². The fourth-order valence-corrected chi connectivity index (χ4v) is 4.11. The van der Waals surface area contributed by atoms with E-state index in [2.05, 4.69) is 15.6 Å². The van der Waals surface area contributed by atoms with Crippen LogP contribution in [0, 0.1) is 0 Å². The van der Waals surface area contributed by atoms with Gasteiger partial charge in [0.25, 0.3) is 5.91 Å². The van der Waals surface area contributed by atoms with E-state index in [1.54, 1.807) is 18.3 Å². The number of carbonyl (C=O) groups is 2. The van der Waals surface area contributed by atoms with Gasteiger partial charge in [-0.3, -0.25) is 9.59 Å². The van der Waals surface area contributed by atoms with Gasteiger partial charge in [-0.2, -0.15) is 0 Å². The molecule has 1 amide bonds. The van der Waals surface area contributed by atoms with Gasteiger partial charge in [0.15, 0.2) is 0 Å². The fourth-order valence-electron chi connectivity index (χ4n) is 4.11. The van der Waals surface area contributed by atoms with E-state index in [0.29, 0.717) is 18.1 Å². The lowest BCUT2D eigenvalue weighted by atomic mass is 10.1. The molecule has 8 heteroatoms. The van der Waals surface area contributed by atoms with Crippen LogP contribution in [0.2, 0.25) is 0 Å². The number of hydrogen-bond donors (Lipinski definition) is 3. The van der Waals surface area contributed by atoms with Crippen LogP contribution in [-0.4, -0.2) is 35.1 Å². The largest absolute Gasteiger partial charge is 0.481 e. The van der Waals surface area contributed by atoms with Crippen molar-refractivity contribution in [2.75, 3.05) is 18.5 Å². The van der Waals surface area contributed by atoms with Gasteiger partial charge in [-0.25, -0.2) is 4.98 Å². The molecule has 0 bridgehead atoms. The summed E-state index contributed by atoms with van der Waals surface area (Å²) in [6.07, 6.45) is 1.61. The number of para-hydroxylation sites is 1. The van der Waals surface area contributed by atoms with Crippen molar-refractivity contribution in [2.24, 2.45) is 0 Å². The first kappa shape index (κ1) is 25.5. The van der Waals surface area contributed by atoms with E-state index in [9.17, 15) is 9.59 Å². The maximum absolute atomic E-state index is 12.2. The highest BCUT2D eigenvalue weighted by atomic mass is 16.5. The molecule has 3 aromatic carbocycles. The number of aromatic nitrogens is 1. The first-order valence-electron chi connectivity index (χ1n) is 12.5. The molecule has 39 heavy (non-hydrogen) atoms. The maximum Gasteiger partial charge on any atom is 0.305 e. The third kappa shape index (κ3) is 6.61. The summed E-state index contributed by atoms with van der Waals surface area (Å²) < 4.78 is 12.0. The molecule has 0 spiro atoms. The number of rotatable bonds is 11. The van der Waals surface area contributed by atoms with Gasteiger partial charge >= 0.3 is 5.97 Å². The van der Waals surface area contributed by atoms with E-state index >= 15 is 0 Å². The zero-order valence-corrected chi connectivity index (χ0v) is 21.0. The first-order chi connectivity index (χ1) is 19.0. The monoisotopic (exact) mass is 521 g/mol. The molecule has 0 aliphatic rings. The SMILES string of the molecule is O=C(O)CCNC(=O)c1ccc(N[C@H](COc2ccc(-c3cc4ccccc4o3)cn2)c2ccccc2)cc1. The van der Waals surface area contributed by atoms with Crippen LogP contribution in [-0.2, 0) is 4.79 Å². The van der Waals surface area contributed by atoms with Gasteiger partial charge in [0.2, 0.25) is 5.88 Å². The second-order valence-corrected chi connectivity index (χ2v) is 8.93. The Bertz CT molecular complexity index is 1510. The molecule has 0 saturated heterocycles. The Morgan fingerprint density at radius 1 is 0.923 bits per heavy atom. The van der Waals surface area contributed by atoms with Crippen molar-refractivity contribution in [3.05, 3.63) is 114 Å². The van der Waals surface area contributed by atoms with Crippen molar-refractivity contribution in [3.63, 3.8) is 0 Å². The Morgan fingerprint density at radius 3 is 2.41 bits per heavy atom. The molecule has 0 aliphatic carbocycles. The van der Waals surface area contributed by atoms with Crippen LogP contribution < -0.4 is 15.4 Å². The van der Waals surface area contributed by atoms with E-state index in [1.807, 2.05) is 84.9 Å². The van der Waals surface area contributed by atoms with E-state index in [0.717, 1.165) is 33.5 Å². The fraction of sp³-hybridized carbons (Fsp3) is 0.129. The number of amides is 1. The number of fused-ring (bicyclic) bond motifs is 1. The van der Waals surface area contributed by atoms with E-state index < -0.39 is 5.97 Å². The smallest absolute Gasteiger partial charge is 0.305 e. The number of anilines is 1. The lowest BCUT2D eigenvalue weighted by Crippen LogP contribution is -2.26. The van der Waals surface area contributed by atoms with Gasteiger partial charge in [0.1, 0.15) is 18.0 Å². The number of furan rings is 1. The van der Waals surface area contributed by atoms with Crippen LogP contribution in [0.1, 0.15) is 28.4 Å². The zero-order valence-electron chi connectivity index (χ0n) is 21.0. The average molecular weight is 522 g/mol. The van der Waals surface area contributed by atoms with Crippen LogP contribution in [0.25, 0.3) is 22.3 Å². The molecule has 0 radical (unpaired) electrons. The molecule has 0 unspecified atom stereocenters. The Morgan fingerprint density at radius 2 is 1.69 bits per heavy atom. The lowest BCUT2D eigenvalue weighted by molar-refractivity contribution is -0.136. The van der Waals surface area contributed by atoms with Crippen molar-refractivity contribution >= 4 is 28.5 Å². The number of nitrogens with zero attached hydrogens (tertiary/aromatic N) is 1. The zero-order chi connectivity index (χ0) is 27.0. The molecule has 2 aromatic heterocycles. The van der Waals surface area contributed by atoms with Crippen LogP contribution in [0.3, 0.4) is 0 Å². The molecule has 0 fully saturated rings. The summed E-state index contributed by atoms with van der Waals surface area (Å²) in [5.41, 5.74) is 3.99. The molecule has 0 saturated carbocycles. The van der Waals surface area contributed by atoms with E-state index in [1.165, 1.54) is 0 Å². The molecule has 5 rings (SSSR count). The normalized spacial score (nSPS) is 11.6. The maximum atomic E-state index is 12.2. The lowest BCUT2D eigenvalue weighted by Gasteiger charge is -2.21. The quantitative estimate of drug-likeness (QED) is 0.197. The second kappa shape index (κ2) is 12.0. The molecule has 1 atom stereocenters. The minimum absolute atomic E-state index is 0.0783. The molecule has 2 heterocycles. The van der Waals surface area contributed by atoms with Gasteiger partial charge in [-0.15, -0.1) is 0 Å². The van der Waals surface area contributed by atoms with Gasteiger partial charge in [-0.1, -0.05) is 48.5 Å². The minimum atomic E-state index is -0.957. The predicted molar refractivity (Wildman–Crippen MR) is 149 cm³/mol. The van der Waals surface area contributed by atoms with Crippen LogP contribution >= 0.6 is 0 Å². The summed E-state index contributed by atoms with van der Waals surface area (Å²) in [6.45, 7) is 0.396. The number of carboxylic acid groups (broad SMARTS) is 1. The Kier molecular flexibility index (Phi) is 7.83. The summed E-state index contributed by atoms with van der Waals surface area (Å²) in [5.74, 6) is -0.0339. The van der Waals surface area contributed by atoms with E-state index in [4.69, 9.17) is 14.3 Å². The Labute approximate surface area is 225 Å². The van der Waals surface area contributed by atoms with Gasteiger partial charge in [0.05, 0.1) is 12.5 Å². The summed E-state index contributed by atoms with van der Waals surface area (Å²) >= 11 is 0. The highest BCUT2D eigenvalue weighted by Gasteiger charge is 2.14. The minimum Gasteiger partial charge on any atom is -0.481 e. The van der Waals surface area contributed by atoms with Crippen molar-refractivity contribution < 1.29 is 23.8 Å². The Balaban J connectivity index is 1.24. The average Bonchev–Trinajstić information content (AvgIpc) is 3.40. The van der Waals surface area contributed by atoms with E-state index in [-0.39, 0.29) is 24.9 Å². The number of nitrogens with one attached hydrogen (secondary N) is 2. The number of pyridine rings is 1. The summed E-state index contributed by atoms with van der Waals surface area (Å²) in [5, 5.41) is 15.8. The highest BCUT2D eigenvalue weighted by Crippen LogP contribution is 2.28. The van der Waals surface area contributed by atoms with Gasteiger partial charge in [0, 0.05) is 41.0 Å². The summed E-state index contributed by atoms with van der Waals surface area (Å²) in [7, 11) is 0. The number of carbonyl (C=O) groups excluding carboxylic acids is 1. The molecule has 196 valence electrons. The molecule has 3 N–H and O–H groups in total. The number of aliphatic carboxylic acids is 1. The van der Waals surface area contributed by atoms with Crippen LogP contribution in [0.15, 0.2) is 108 Å². The third-order valence-electron chi connectivity index (χ3n) is 6.16. The van der Waals surface area contributed by atoms with Crippen molar-refractivity contribution in [3.8, 4) is 17.2 Å². The molecular formula is C31H27N3O5. The number of benzene rings is 3. The number of carboxylic acids is 1. The highest BCUT2D eigenvalue weighted by molar-refractivity contribution is 5.94. The second-order valence-electron chi connectivity index (χ2n) is 8.93. The molecule has 8 nitrogen and oxygen atoms in total. The van der Waals surface area contributed by atoms with Crippen molar-refractivity contribution in [1.29, 1.82) is 0 Å². The third-order valence-corrected chi connectivity index (χ3v) is 6.16. The van der Waals surface area contributed by atoms with Gasteiger partial charge in [-0.05, 0) is 48.0 Å². The number of hydrogen-bond acceptors (Lipinski definition) is 6. The standard InChI is InChI=1S/C31H27N3O5/c35-30(36)16-17-32-31(37)22-10-13-25(14-11-22)34-26(21-6-2-1-3-7-21)20-38-29-15-12-24(19-33-29)28-18-23-8-4-5-9-27(23)39-28/h1-15,18-19,26,34H,16-17,20H2,(H,32,37)(H,35,36)/t26-/m1/s1. The van der Waals surface area contributed by atoms with Crippen LogP contribution in [0.5, 0.6) is 5.88 Å². The summed E-state index contributed by atoms with van der Waals surface area (Å²) in [4.78, 5) is 27.4. The van der Waals surface area contributed by atoms with Crippen LogP contribution in [0.4, 0.5) is 5.69 Å². The van der Waals surface area contributed by atoms with Crippen molar-refractivity contribution in [2.45, 2.75) is 12.5 Å². The molecule has 0 aliphatic heterocycles. The molecular weight excluding hydrogens is 494 g/mol.